The molecule has 34 heavy (non-hydrogen) atoms. The SMILES string of the molecule is O=C(CN1C(=O)C(=O)N(Cc2ccccc2)C1=O)Nc1ccc(S(=O)(=O)N2CCOCC2)cc1. The summed E-state index contributed by atoms with van der Waals surface area (Å²) in [5.41, 5.74) is 0.938. The van der Waals surface area contributed by atoms with Crippen molar-refractivity contribution in [2.24, 2.45) is 0 Å². The monoisotopic (exact) mass is 486 g/mol. The Morgan fingerprint density at radius 2 is 1.50 bits per heavy atom. The summed E-state index contributed by atoms with van der Waals surface area (Å²) in [6, 6.07) is 13.3. The number of rotatable bonds is 7. The molecule has 178 valence electrons. The summed E-state index contributed by atoms with van der Waals surface area (Å²) >= 11 is 0. The van der Waals surface area contributed by atoms with Crippen molar-refractivity contribution in [3.05, 3.63) is 60.2 Å². The maximum atomic E-state index is 12.7. The Morgan fingerprint density at radius 1 is 0.882 bits per heavy atom. The molecule has 0 unspecified atom stereocenters. The van der Waals surface area contributed by atoms with Gasteiger partial charge in [0, 0.05) is 18.8 Å². The second kappa shape index (κ2) is 9.71. The Labute approximate surface area is 195 Å². The normalized spacial score (nSPS) is 17.4. The fourth-order valence-corrected chi connectivity index (χ4v) is 4.99. The van der Waals surface area contributed by atoms with E-state index in [-0.39, 0.29) is 30.2 Å². The summed E-state index contributed by atoms with van der Waals surface area (Å²) in [6.45, 7) is 0.445. The number of urea groups is 1. The van der Waals surface area contributed by atoms with Crippen molar-refractivity contribution in [1.82, 2.24) is 14.1 Å². The maximum absolute atomic E-state index is 12.7. The van der Waals surface area contributed by atoms with Crippen molar-refractivity contribution < 1.29 is 32.3 Å². The molecule has 0 radical (unpaired) electrons. The molecule has 4 rings (SSSR count). The van der Waals surface area contributed by atoms with Crippen LogP contribution >= 0.6 is 0 Å². The van der Waals surface area contributed by atoms with Crippen LogP contribution in [0, 0.1) is 0 Å². The molecule has 0 spiro atoms. The van der Waals surface area contributed by atoms with Crippen LogP contribution in [0.15, 0.2) is 59.5 Å². The van der Waals surface area contributed by atoms with E-state index in [0.717, 1.165) is 4.90 Å². The molecule has 2 aliphatic rings. The van der Waals surface area contributed by atoms with Gasteiger partial charge in [0.05, 0.1) is 24.7 Å². The number of nitrogens with one attached hydrogen (secondary N) is 1. The lowest BCUT2D eigenvalue weighted by Gasteiger charge is -2.26. The van der Waals surface area contributed by atoms with Gasteiger partial charge in [-0.15, -0.1) is 0 Å². The Hall–Kier alpha value is -3.61. The van der Waals surface area contributed by atoms with Gasteiger partial charge in [-0.25, -0.2) is 18.1 Å². The third-order valence-electron chi connectivity index (χ3n) is 5.37. The third-order valence-corrected chi connectivity index (χ3v) is 7.28. The summed E-state index contributed by atoms with van der Waals surface area (Å²) < 4.78 is 31.9. The lowest BCUT2D eigenvalue weighted by Crippen LogP contribution is -2.40. The highest BCUT2D eigenvalue weighted by Gasteiger charge is 2.45. The molecule has 12 heteroatoms. The average molecular weight is 487 g/mol. The summed E-state index contributed by atoms with van der Waals surface area (Å²) in [5, 5.41) is 2.50. The number of carbonyl (C=O) groups is 4. The Kier molecular flexibility index (Phi) is 6.72. The van der Waals surface area contributed by atoms with Gasteiger partial charge in [-0.05, 0) is 29.8 Å². The number of ether oxygens (including phenoxy) is 1. The number of amides is 5. The van der Waals surface area contributed by atoms with Crippen LogP contribution in [0.1, 0.15) is 5.56 Å². The van der Waals surface area contributed by atoms with E-state index in [1.807, 2.05) is 0 Å². The van der Waals surface area contributed by atoms with Gasteiger partial charge in [0.1, 0.15) is 6.54 Å². The van der Waals surface area contributed by atoms with Crippen molar-refractivity contribution in [3.63, 3.8) is 0 Å². The molecule has 0 aliphatic carbocycles. The van der Waals surface area contributed by atoms with E-state index in [4.69, 9.17) is 4.74 Å². The first-order valence-corrected chi connectivity index (χ1v) is 11.9. The number of sulfonamides is 1. The molecule has 0 atom stereocenters. The topological polar surface area (TPSA) is 133 Å². The maximum Gasteiger partial charge on any atom is 0.335 e. The highest BCUT2D eigenvalue weighted by Crippen LogP contribution is 2.20. The van der Waals surface area contributed by atoms with Crippen LogP contribution in [0.5, 0.6) is 0 Å². The number of nitrogens with zero attached hydrogens (tertiary/aromatic N) is 3. The highest BCUT2D eigenvalue weighted by molar-refractivity contribution is 7.89. The first-order chi connectivity index (χ1) is 16.3. The quantitative estimate of drug-likeness (QED) is 0.448. The molecule has 1 N–H and O–H groups in total. The minimum atomic E-state index is -3.68. The Balaban J connectivity index is 1.38. The molecule has 2 heterocycles. The molecule has 2 saturated heterocycles. The number of anilines is 1. The zero-order valence-electron chi connectivity index (χ0n) is 18.0. The molecule has 5 amide bonds. The number of morpholine rings is 1. The van der Waals surface area contributed by atoms with Crippen LogP contribution in [0.25, 0.3) is 0 Å². The molecule has 11 nitrogen and oxygen atoms in total. The molecule has 2 aliphatic heterocycles. The van der Waals surface area contributed by atoms with Gasteiger partial charge >= 0.3 is 17.8 Å². The van der Waals surface area contributed by atoms with Crippen LogP contribution in [0.2, 0.25) is 0 Å². The number of hydrogen-bond donors (Lipinski definition) is 1. The van der Waals surface area contributed by atoms with Crippen molar-refractivity contribution in [3.8, 4) is 0 Å². The van der Waals surface area contributed by atoms with Crippen LogP contribution < -0.4 is 5.32 Å². The van der Waals surface area contributed by atoms with E-state index in [2.05, 4.69) is 5.32 Å². The van der Waals surface area contributed by atoms with Gasteiger partial charge in [0.15, 0.2) is 0 Å². The van der Waals surface area contributed by atoms with Crippen LogP contribution in [0.4, 0.5) is 10.5 Å². The smallest absolute Gasteiger partial charge is 0.335 e. The number of carbonyl (C=O) groups excluding carboxylic acids is 4. The predicted octanol–water partition coefficient (Wildman–Crippen LogP) is 0.637. The summed E-state index contributed by atoms with van der Waals surface area (Å²) in [7, 11) is -3.68. The standard InChI is InChI=1S/C22H22N4O7S/c27-19(15-26-21(29)20(28)25(22(26)30)14-16-4-2-1-3-5-16)23-17-6-8-18(9-7-17)34(31,32)24-10-12-33-13-11-24/h1-9H,10-15H2,(H,23,27). The van der Waals surface area contributed by atoms with E-state index in [1.165, 1.54) is 28.6 Å². The Morgan fingerprint density at radius 3 is 2.15 bits per heavy atom. The second-order valence-electron chi connectivity index (χ2n) is 7.64. The number of benzene rings is 2. The zero-order chi connectivity index (χ0) is 24.3. The number of imide groups is 2. The molecular weight excluding hydrogens is 464 g/mol. The van der Waals surface area contributed by atoms with Gasteiger partial charge in [-0.3, -0.25) is 19.3 Å². The number of hydrogen-bond acceptors (Lipinski definition) is 7. The minimum Gasteiger partial charge on any atom is -0.379 e. The van der Waals surface area contributed by atoms with Gasteiger partial charge in [-0.1, -0.05) is 30.3 Å². The average Bonchev–Trinajstić information content (AvgIpc) is 3.04. The van der Waals surface area contributed by atoms with Gasteiger partial charge in [0.2, 0.25) is 15.9 Å². The Bertz CT molecular complexity index is 1210. The second-order valence-corrected chi connectivity index (χ2v) is 9.58. The van der Waals surface area contributed by atoms with Gasteiger partial charge in [0.25, 0.3) is 0 Å². The van der Waals surface area contributed by atoms with Crippen LogP contribution in [-0.4, -0.2) is 79.1 Å². The minimum absolute atomic E-state index is 0.0689. The molecular formula is C22H22N4O7S. The summed E-state index contributed by atoms with van der Waals surface area (Å²) in [4.78, 5) is 51.0. The molecule has 2 aromatic rings. The zero-order valence-corrected chi connectivity index (χ0v) is 18.9. The molecule has 0 aromatic heterocycles. The molecule has 0 saturated carbocycles. The van der Waals surface area contributed by atoms with Crippen LogP contribution in [0.3, 0.4) is 0 Å². The highest BCUT2D eigenvalue weighted by atomic mass is 32.2. The van der Waals surface area contributed by atoms with Crippen LogP contribution in [-0.2, 0) is 35.7 Å². The van der Waals surface area contributed by atoms with E-state index in [9.17, 15) is 27.6 Å². The first kappa shape index (κ1) is 23.5. The molecule has 2 fully saturated rings. The fraction of sp³-hybridized carbons (Fsp3) is 0.273. The van der Waals surface area contributed by atoms with Crippen molar-refractivity contribution in [2.45, 2.75) is 11.4 Å². The van der Waals surface area contributed by atoms with Crippen molar-refractivity contribution >= 4 is 39.5 Å². The van der Waals surface area contributed by atoms with E-state index in [0.29, 0.717) is 23.7 Å². The lowest BCUT2D eigenvalue weighted by atomic mass is 10.2. The lowest BCUT2D eigenvalue weighted by molar-refractivity contribution is -0.143. The fourth-order valence-electron chi connectivity index (χ4n) is 3.59. The summed E-state index contributed by atoms with van der Waals surface area (Å²) in [6.07, 6.45) is 0. The van der Waals surface area contributed by atoms with Gasteiger partial charge < -0.3 is 10.1 Å². The molecule has 2 aromatic carbocycles. The molecule has 0 bridgehead atoms. The van der Waals surface area contributed by atoms with Gasteiger partial charge in [-0.2, -0.15) is 4.31 Å². The van der Waals surface area contributed by atoms with Crippen molar-refractivity contribution in [1.29, 1.82) is 0 Å². The van der Waals surface area contributed by atoms with E-state index >= 15 is 0 Å². The van der Waals surface area contributed by atoms with E-state index < -0.39 is 40.3 Å². The van der Waals surface area contributed by atoms with E-state index in [1.54, 1.807) is 30.3 Å². The predicted molar refractivity (Wildman–Crippen MR) is 119 cm³/mol. The first-order valence-electron chi connectivity index (χ1n) is 10.5. The largest absolute Gasteiger partial charge is 0.379 e. The summed E-state index contributed by atoms with van der Waals surface area (Å²) in [5.74, 6) is -2.79. The third kappa shape index (κ3) is 4.83. The van der Waals surface area contributed by atoms with Crippen molar-refractivity contribution in [2.75, 3.05) is 38.2 Å².